The van der Waals surface area contributed by atoms with Crippen LogP contribution in [0.1, 0.15) is 39.8 Å². The fourth-order valence-corrected chi connectivity index (χ4v) is 4.18. The van der Waals surface area contributed by atoms with E-state index in [0.717, 1.165) is 22.8 Å². The molecule has 8 heteroatoms. The predicted molar refractivity (Wildman–Crippen MR) is 124 cm³/mol. The van der Waals surface area contributed by atoms with Crippen molar-refractivity contribution in [3.8, 4) is 17.3 Å². The summed E-state index contributed by atoms with van der Waals surface area (Å²) in [4.78, 5) is 25.0. The molecule has 0 radical (unpaired) electrons. The van der Waals surface area contributed by atoms with Crippen LogP contribution in [0, 0.1) is 25.2 Å². The lowest BCUT2D eigenvalue weighted by molar-refractivity contribution is -0.141. The molecule has 0 fully saturated rings. The summed E-state index contributed by atoms with van der Waals surface area (Å²) in [7, 11) is 0. The minimum Gasteiger partial charge on any atom is -0.461 e. The van der Waals surface area contributed by atoms with Crippen LogP contribution in [0.3, 0.4) is 0 Å². The zero-order valence-electron chi connectivity index (χ0n) is 19.1. The van der Waals surface area contributed by atoms with Gasteiger partial charge in [0.05, 0.1) is 24.2 Å². The van der Waals surface area contributed by atoms with Crippen LogP contribution in [0.2, 0.25) is 0 Å². The summed E-state index contributed by atoms with van der Waals surface area (Å²) in [6.45, 7) is 3.89. The zero-order chi connectivity index (χ0) is 25.3. The van der Waals surface area contributed by atoms with Gasteiger partial charge in [0.1, 0.15) is 18.2 Å². The first-order valence-electron chi connectivity index (χ1n) is 10.8. The number of cyclic esters (lactones) is 1. The molecule has 0 bridgehead atoms. The molecule has 0 saturated heterocycles. The van der Waals surface area contributed by atoms with Crippen molar-refractivity contribution < 1.29 is 22.7 Å². The number of hydrogen-bond donors (Lipinski definition) is 0. The van der Waals surface area contributed by atoms with E-state index < -0.39 is 28.8 Å². The molecule has 1 aromatic heterocycles. The summed E-state index contributed by atoms with van der Waals surface area (Å²) in [5, 5.41) is 9.43. The summed E-state index contributed by atoms with van der Waals surface area (Å²) >= 11 is 0. The Bertz CT molecular complexity index is 1460. The molecule has 0 unspecified atom stereocenters. The fourth-order valence-electron chi connectivity index (χ4n) is 4.18. The van der Waals surface area contributed by atoms with Crippen molar-refractivity contribution in [3.63, 3.8) is 0 Å². The van der Waals surface area contributed by atoms with Gasteiger partial charge in [-0.25, -0.2) is 0 Å². The van der Waals surface area contributed by atoms with Gasteiger partial charge in [0.2, 0.25) is 0 Å². The molecule has 178 valence electrons. The average molecular weight is 478 g/mol. The lowest BCUT2D eigenvalue weighted by atomic mass is 9.96. The molecular weight excluding hydrogens is 457 g/mol. The number of benzene rings is 2. The van der Waals surface area contributed by atoms with Crippen LogP contribution >= 0.6 is 0 Å². The van der Waals surface area contributed by atoms with Gasteiger partial charge in [-0.2, -0.15) is 18.4 Å². The summed E-state index contributed by atoms with van der Waals surface area (Å²) in [5.74, 6) is -0.391. The Hall–Kier alpha value is -4.12. The average Bonchev–Trinajstić information content (AvgIpc) is 2.81. The Kier molecular flexibility index (Phi) is 6.35. The molecule has 0 amide bonds. The number of carbonyl (C=O) groups excluding carboxylic acids is 1. The van der Waals surface area contributed by atoms with Gasteiger partial charge in [0.25, 0.3) is 5.56 Å². The number of aryl methyl sites for hydroxylation is 2. The van der Waals surface area contributed by atoms with Gasteiger partial charge in [-0.15, -0.1) is 0 Å². The molecule has 3 aromatic rings. The van der Waals surface area contributed by atoms with Gasteiger partial charge in [0.15, 0.2) is 0 Å². The molecule has 0 spiro atoms. The molecule has 0 atom stereocenters. The molecule has 2 heterocycles. The van der Waals surface area contributed by atoms with E-state index in [2.05, 4.69) is 0 Å². The summed E-state index contributed by atoms with van der Waals surface area (Å²) in [6, 6.07) is 14.6. The first-order valence-corrected chi connectivity index (χ1v) is 10.8. The highest BCUT2D eigenvalue weighted by atomic mass is 19.4. The van der Waals surface area contributed by atoms with Crippen molar-refractivity contribution in [2.24, 2.45) is 0 Å². The summed E-state index contributed by atoms with van der Waals surface area (Å²) < 4.78 is 47.6. The van der Waals surface area contributed by atoms with Crippen molar-refractivity contribution in [3.05, 3.63) is 98.3 Å². The Morgan fingerprint density at radius 2 is 1.80 bits per heavy atom. The molecule has 2 aromatic carbocycles. The van der Waals surface area contributed by atoms with Crippen molar-refractivity contribution in [2.45, 2.75) is 33.0 Å². The molecule has 1 aliphatic heterocycles. The molecule has 0 aliphatic carbocycles. The van der Waals surface area contributed by atoms with E-state index in [1.54, 1.807) is 30.3 Å². The first kappa shape index (κ1) is 24.0. The van der Waals surface area contributed by atoms with Crippen molar-refractivity contribution in [1.29, 1.82) is 5.26 Å². The number of carbonyl (C=O) groups is 1. The number of aromatic nitrogens is 1. The normalized spacial score (nSPS) is 13.7. The maximum absolute atomic E-state index is 13.8. The second kappa shape index (κ2) is 9.26. The largest absolute Gasteiger partial charge is 0.461 e. The van der Waals surface area contributed by atoms with Gasteiger partial charge in [-0.05, 0) is 59.9 Å². The SMILES string of the molecule is Cc1ccc(Cn2c(-c3cccc(C4=CCOC(=O)C4)c3)cc(C(F)(F)F)c(C#N)c2=O)c(C)c1. The standard InChI is InChI=1S/C27H21F3N2O3/c1-16-6-7-21(17(2)10-16)15-32-24(13-23(27(28,29)30)22(14-31)26(32)34)20-5-3-4-18(11-20)19-8-9-35-25(33)12-19/h3-8,10-11,13H,9,12,15H2,1-2H3. The monoisotopic (exact) mass is 478 g/mol. The van der Waals surface area contributed by atoms with E-state index >= 15 is 0 Å². The third kappa shape index (κ3) is 4.90. The molecule has 0 saturated carbocycles. The second-order valence-electron chi connectivity index (χ2n) is 8.42. The number of pyridine rings is 1. The summed E-state index contributed by atoms with van der Waals surface area (Å²) in [6.07, 6.45) is -3.10. The van der Waals surface area contributed by atoms with E-state index in [4.69, 9.17) is 4.74 Å². The topological polar surface area (TPSA) is 72.1 Å². The van der Waals surface area contributed by atoms with E-state index in [1.807, 2.05) is 32.0 Å². The number of nitriles is 1. The van der Waals surface area contributed by atoms with Crippen LogP contribution < -0.4 is 5.56 Å². The lowest BCUT2D eigenvalue weighted by Crippen LogP contribution is -2.29. The molecule has 4 rings (SSSR count). The Balaban J connectivity index is 1.95. The second-order valence-corrected chi connectivity index (χ2v) is 8.42. The number of hydrogen-bond acceptors (Lipinski definition) is 4. The third-order valence-corrected chi connectivity index (χ3v) is 5.98. The maximum atomic E-state index is 13.8. The van der Waals surface area contributed by atoms with Crippen LogP contribution in [-0.4, -0.2) is 17.1 Å². The quantitative estimate of drug-likeness (QED) is 0.471. The fraction of sp³-hybridized carbons (Fsp3) is 0.222. The lowest BCUT2D eigenvalue weighted by Gasteiger charge is -2.20. The highest BCUT2D eigenvalue weighted by Gasteiger charge is 2.36. The van der Waals surface area contributed by atoms with Gasteiger partial charge in [-0.1, -0.05) is 42.0 Å². The van der Waals surface area contributed by atoms with Crippen LogP contribution in [0.25, 0.3) is 16.8 Å². The van der Waals surface area contributed by atoms with Crippen molar-refractivity contribution >= 4 is 11.5 Å². The predicted octanol–water partition coefficient (Wildman–Crippen LogP) is 5.40. The zero-order valence-corrected chi connectivity index (χ0v) is 19.1. The minimum absolute atomic E-state index is 0.00759. The summed E-state index contributed by atoms with van der Waals surface area (Å²) in [5.41, 5.74) is 1.12. The molecule has 5 nitrogen and oxygen atoms in total. The maximum Gasteiger partial charge on any atom is 0.417 e. The third-order valence-electron chi connectivity index (χ3n) is 5.98. The van der Waals surface area contributed by atoms with E-state index in [-0.39, 0.29) is 25.3 Å². The highest BCUT2D eigenvalue weighted by molar-refractivity contribution is 5.87. The minimum atomic E-state index is -4.88. The van der Waals surface area contributed by atoms with Gasteiger partial charge < -0.3 is 9.30 Å². The van der Waals surface area contributed by atoms with E-state index in [9.17, 15) is 28.0 Å². The number of ether oxygens (including phenoxy) is 1. The smallest absolute Gasteiger partial charge is 0.417 e. The van der Waals surface area contributed by atoms with Crippen molar-refractivity contribution in [1.82, 2.24) is 4.57 Å². The number of halogens is 3. The molecular formula is C27H21F3N2O3. The Labute approximate surface area is 199 Å². The number of rotatable bonds is 4. The van der Waals surface area contributed by atoms with Gasteiger partial charge in [0, 0.05) is 0 Å². The van der Waals surface area contributed by atoms with Crippen LogP contribution in [0.15, 0.2) is 59.4 Å². The molecule has 1 aliphatic rings. The highest BCUT2D eigenvalue weighted by Crippen LogP contribution is 2.35. The Morgan fingerprint density at radius 1 is 1.06 bits per heavy atom. The number of esters is 1. The Morgan fingerprint density at radius 3 is 2.46 bits per heavy atom. The molecule has 35 heavy (non-hydrogen) atoms. The van der Waals surface area contributed by atoms with Gasteiger partial charge in [-0.3, -0.25) is 9.59 Å². The van der Waals surface area contributed by atoms with Crippen LogP contribution in [0.4, 0.5) is 13.2 Å². The van der Waals surface area contributed by atoms with E-state index in [0.29, 0.717) is 16.7 Å². The van der Waals surface area contributed by atoms with Crippen LogP contribution in [-0.2, 0) is 22.3 Å². The van der Waals surface area contributed by atoms with Gasteiger partial charge >= 0.3 is 12.1 Å². The number of alkyl halides is 3. The first-order chi connectivity index (χ1) is 16.6. The van der Waals surface area contributed by atoms with E-state index in [1.165, 1.54) is 10.6 Å². The molecule has 0 N–H and O–H groups in total. The van der Waals surface area contributed by atoms with Crippen molar-refractivity contribution in [2.75, 3.05) is 6.61 Å². The number of nitrogens with zero attached hydrogens (tertiary/aromatic N) is 2. The van der Waals surface area contributed by atoms with Crippen LogP contribution in [0.5, 0.6) is 0 Å².